The Morgan fingerprint density at radius 2 is 1.82 bits per heavy atom. The standard InChI is InChI=1S/C23H32O4S/c1-4-18(8-7-13-23(26,5-2)6-3)21-14-17(16-28-21)15-27-20-11-9-19(10-12-20)22(24)25/h8-12,14,16,22,24-26H,4-7,13,15H2,1-3H3. The predicted octanol–water partition coefficient (Wildman–Crippen LogP) is 5.44. The first kappa shape index (κ1) is 22.6. The molecule has 4 nitrogen and oxygen atoms in total. The first-order chi connectivity index (χ1) is 13.4. The Morgan fingerprint density at radius 1 is 1.14 bits per heavy atom. The molecule has 0 amide bonds. The summed E-state index contributed by atoms with van der Waals surface area (Å²) < 4.78 is 5.80. The molecule has 0 atom stereocenters. The molecule has 1 aromatic carbocycles. The summed E-state index contributed by atoms with van der Waals surface area (Å²) in [7, 11) is 0. The Morgan fingerprint density at radius 3 is 2.39 bits per heavy atom. The second kappa shape index (κ2) is 10.8. The minimum absolute atomic E-state index is 0.445. The van der Waals surface area contributed by atoms with Crippen molar-refractivity contribution in [3.05, 3.63) is 57.8 Å². The van der Waals surface area contributed by atoms with Crippen LogP contribution in [0.15, 0.2) is 41.8 Å². The zero-order valence-electron chi connectivity index (χ0n) is 17.0. The van der Waals surface area contributed by atoms with Crippen molar-refractivity contribution in [3.63, 3.8) is 0 Å². The molecule has 0 unspecified atom stereocenters. The third-order valence-corrected chi connectivity index (χ3v) is 6.31. The van der Waals surface area contributed by atoms with Crippen LogP contribution in [0.4, 0.5) is 0 Å². The third-order valence-electron chi connectivity index (χ3n) is 5.25. The second-order valence-corrected chi connectivity index (χ2v) is 8.01. The molecule has 5 heteroatoms. The van der Waals surface area contributed by atoms with Crippen molar-refractivity contribution in [1.82, 2.24) is 0 Å². The zero-order chi connectivity index (χ0) is 20.6. The van der Waals surface area contributed by atoms with Gasteiger partial charge in [0.05, 0.1) is 5.60 Å². The summed E-state index contributed by atoms with van der Waals surface area (Å²) in [6.45, 7) is 6.71. The molecule has 1 heterocycles. The van der Waals surface area contributed by atoms with Crippen LogP contribution in [0, 0.1) is 0 Å². The number of hydrogen-bond donors (Lipinski definition) is 3. The average molecular weight is 405 g/mol. The number of aliphatic hydroxyl groups excluding tert-OH is 1. The van der Waals surface area contributed by atoms with E-state index >= 15 is 0 Å². The van der Waals surface area contributed by atoms with Crippen molar-refractivity contribution in [2.75, 3.05) is 0 Å². The minimum Gasteiger partial charge on any atom is -0.489 e. The topological polar surface area (TPSA) is 69.9 Å². The fraction of sp³-hybridized carbons (Fsp3) is 0.478. The van der Waals surface area contributed by atoms with Gasteiger partial charge in [0.15, 0.2) is 6.29 Å². The number of ether oxygens (including phenoxy) is 1. The van der Waals surface area contributed by atoms with E-state index in [2.05, 4.69) is 24.4 Å². The average Bonchev–Trinajstić information content (AvgIpc) is 3.18. The van der Waals surface area contributed by atoms with Gasteiger partial charge in [0.1, 0.15) is 12.4 Å². The molecule has 0 radical (unpaired) electrons. The molecule has 3 N–H and O–H groups in total. The van der Waals surface area contributed by atoms with Crippen LogP contribution in [0.1, 0.15) is 75.2 Å². The minimum atomic E-state index is -1.46. The highest BCUT2D eigenvalue weighted by atomic mass is 32.1. The highest BCUT2D eigenvalue weighted by Gasteiger charge is 2.20. The van der Waals surface area contributed by atoms with Gasteiger partial charge in [0.2, 0.25) is 0 Å². The van der Waals surface area contributed by atoms with Crippen LogP contribution < -0.4 is 4.74 Å². The maximum Gasteiger partial charge on any atom is 0.178 e. The molecule has 0 aliphatic carbocycles. The highest BCUT2D eigenvalue weighted by molar-refractivity contribution is 7.11. The largest absolute Gasteiger partial charge is 0.489 e. The maximum atomic E-state index is 10.4. The first-order valence-electron chi connectivity index (χ1n) is 9.98. The van der Waals surface area contributed by atoms with Crippen molar-refractivity contribution in [1.29, 1.82) is 0 Å². The summed E-state index contributed by atoms with van der Waals surface area (Å²) in [5, 5.41) is 30.8. The van der Waals surface area contributed by atoms with Gasteiger partial charge in [0, 0.05) is 16.0 Å². The van der Waals surface area contributed by atoms with Gasteiger partial charge < -0.3 is 20.1 Å². The van der Waals surface area contributed by atoms with Crippen LogP contribution in [0.25, 0.3) is 5.57 Å². The van der Waals surface area contributed by atoms with Crippen LogP contribution in [0.5, 0.6) is 5.75 Å². The summed E-state index contributed by atoms with van der Waals surface area (Å²) in [5.41, 5.74) is 2.32. The van der Waals surface area contributed by atoms with Gasteiger partial charge >= 0.3 is 0 Å². The fourth-order valence-corrected chi connectivity index (χ4v) is 4.07. The number of allylic oxidation sites excluding steroid dienone is 2. The van der Waals surface area contributed by atoms with Gasteiger partial charge in [-0.25, -0.2) is 0 Å². The van der Waals surface area contributed by atoms with E-state index in [1.54, 1.807) is 35.6 Å². The lowest BCUT2D eigenvalue weighted by molar-refractivity contribution is -0.0425. The van der Waals surface area contributed by atoms with E-state index < -0.39 is 11.9 Å². The van der Waals surface area contributed by atoms with E-state index in [0.29, 0.717) is 17.9 Å². The highest BCUT2D eigenvalue weighted by Crippen LogP contribution is 2.29. The molecule has 0 aliphatic heterocycles. The zero-order valence-corrected chi connectivity index (χ0v) is 17.8. The molecule has 0 fully saturated rings. The lowest BCUT2D eigenvalue weighted by Gasteiger charge is -2.24. The van der Waals surface area contributed by atoms with E-state index in [-0.39, 0.29) is 0 Å². The molecule has 1 aromatic heterocycles. The molecule has 0 saturated heterocycles. The predicted molar refractivity (Wildman–Crippen MR) is 115 cm³/mol. The van der Waals surface area contributed by atoms with Crippen LogP contribution in [0.3, 0.4) is 0 Å². The van der Waals surface area contributed by atoms with Crippen molar-refractivity contribution < 1.29 is 20.1 Å². The van der Waals surface area contributed by atoms with Crippen molar-refractivity contribution in [3.8, 4) is 5.75 Å². The normalized spacial score (nSPS) is 12.6. The van der Waals surface area contributed by atoms with Gasteiger partial charge in [-0.1, -0.05) is 39.0 Å². The number of thiophene rings is 1. The maximum absolute atomic E-state index is 10.4. The Bertz CT molecular complexity index is 742. The van der Waals surface area contributed by atoms with Gasteiger partial charge in [-0.2, -0.15) is 0 Å². The molecular weight excluding hydrogens is 372 g/mol. The molecule has 28 heavy (non-hydrogen) atoms. The van der Waals surface area contributed by atoms with Crippen molar-refractivity contribution >= 4 is 16.9 Å². The Hall–Kier alpha value is -1.66. The summed E-state index contributed by atoms with van der Waals surface area (Å²) in [6, 6.07) is 8.93. The van der Waals surface area contributed by atoms with E-state index in [9.17, 15) is 5.11 Å². The Kier molecular flexibility index (Phi) is 8.70. The first-order valence-corrected chi connectivity index (χ1v) is 10.9. The van der Waals surface area contributed by atoms with Crippen LogP contribution >= 0.6 is 11.3 Å². The molecule has 0 aliphatic rings. The van der Waals surface area contributed by atoms with E-state index in [4.69, 9.17) is 14.9 Å². The van der Waals surface area contributed by atoms with Gasteiger partial charge in [-0.05, 0) is 61.3 Å². The van der Waals surface area contributed by atoms with Crippen molar-refractivity contribution in [2.24, 2.45) is 0 Å². The molecule has 2 aromatic rings. The summed E-state index contributed by atoms with van der Waals surface area (Å²) in [6.07, 6.45) is 5.01. The van der Waals surface area contributed by atoms with Gasteiger partial charge in [-0.15, -0.1) is 11.3 Å². The van der Waals surface area contributed by atoms with Gasteiger partial charge in [-0.3, -0.25) is 0 Å². The number of rotatable bonds is 11. The quantitative estimate of drug-likeness (QED) is 0.437. The van der Waals surface area contributed by atoms with Gasteiger partial charge in [0.25, 0.3) is 0 Å². The number of aliphatic hydroxyl groups is 3. The van der Waals surface area contributed by atoms with E-state index in [0.717, 1.165) is 37.7 Å². The SMILES string of the molecule is CCC(=CCCC(O)(CC)CC)c1cc(COc2ccc(C(O)O)cc2)cs1. The molecule has 2 rings (SSSR count). The number of hydrogen-bond acceptors (Lipinski definition) is 5. The molecule has 0 spiro atoms. The molecular formula is C23H32O4S. The van der Waals surface area contributed by atoms with E-state index in [1.165, 1.54) is 10.5 Å². The number of benzene rings is 1. The smallest absolute Gasteiger partial charge is 0.178 e. The summed E-state index contributed by atoms with van der Waals surface area (Å²) >= 11 is 1.72. The van der Waals surface area contributed by atoms with E-state index in [1.807, 2.05) is 13.8 Å². The summed E-state index contributed by atoms with van der Waals surface area (Å²) in [4.78, 5) is 1.25. The lowest BCUT2D eigenvalue weighted by Crippen LogP contribution is -2.25. The lowest BCUT2D eigenvalue weighted by atomic mass is 9.91. The fourth-order valence-electron chi connectivity index (χ4n) is 3.06. The second-order valence-electron chi connectivity index (χ2n) is 7.10. The monoisotopic (exact) mass is 404 g/mol. The van der Waals surface area contributed by atoms with Crippen LogP contribution in [0.2, 0.25) is 0 Å². The Labute approximate surface area is 172 Å². The van der Waals surface area contributed by atoms with Crippen LogP contribution in [-0.2, 0) is 6.61 Å². The Balaban J connectivity index is 1.94. The van der Waals surface area contributed by atoms with Crippen LogP contribution in [-0.4, -0.2) is 20.9 Å². The third kappa shape index (κ3) is 6.45. The molecule has 0 bridgehead atoms. The molecule has 0 saturated carbocycles. The van der Waals surface area contributed by atoms with Crippen molar-refractivity contribution in [2.45, 2.75) is 71.4 Å². The molecule has 154 valence electrons. The summed E-state index contributed by atoms with van der Waals surface area (Å²) in [5.74, 6) is 0.696.